The fraction of sp³-hybridized carbons (Fsp3) is 0.455. The predicted molar refractivity (Wildman–Crippen MR) is 74.5 cm³/mol. The third-order valence-electron chi connectivity index (χ3n) is 2.89. The van der Waals surface area contributed by atoms with Gasteiger partial charge >= 0.3 is 0 Å². The summed E-state index contributed by atoms with van der Waals surface area (Å²) in [5.41, 5.74) is 2.46. The number of imidazole rings is 1. The summed E-state index contributed by atoms with van der Waals surface area (Å²) in [5, 5.41) is 0.618. The van der Waals surface area contributed by atoms with Gasteiger partial charge in [0.1, 0.15) is 6.33 Å². The molecule has 1 atom stereocenters. The van der Waals surface area contributed by atoms with Crippen molar-refractivity contribution in [2.24, 2.45) is 5.84 Å². The van der Waals surface area contributed by atoms with Gasteiger partial charge in [0, 0.05) is 24.8 Å². The summed E-state index contributed by atoms with van der Waals surface area (Å²) in [6.45, 7) is 0.846. The molecule has 8 nitrogen and oxygen atoms in total. The van der Waals surface area contributed by atoms with Gasteiger partial charge in [-0.05, 0) is 12.8 Å². The first-order valence-electron chi connectivity index (χ1n) is 6.30. The molecule has 0 amide bonds. The molecule has 9 heteroatoms. The van der Waals surface area contributed by atoms with E-state index in [1.165, 1.54) is 0 Å². The smallest absolute Gasteiger partial charge is 0.242 e. The molecule has 0 aromatic carbocycles. The van der Waals surface area contributed by atoms with Crippen LogP contribution in [0.5, 0.6) is 0 Å². The predicted octanol–water partition coefficient (Wildman–Crippen LogP) is 0.614. The topological polar surface area (TPSA) is 104 Å². The number of aromatic nitrogens is 5. The standard InChI is InChI=1S/C11H15N7OS/c12-17-9-14-10(18-4-3-13-7-18)16-11(15-9)20-6-8-2-1-5-19-8/h3-4,7-8H,1-2,5-6,12H2,(H,14,15,16,17). The van der Waals surface area contributed by atoms with Gasteiger partial charge in [-0.25, -0.2) is 10.8 Å². The van der Waals surface area contributed by atoms with E-state index in [1.807, 2.05) is 0 Å². The van der Waals surface area contributed by atoms with Gasteiger partial charge in [-0.1, -0.05) is 11.8 Å². The quantitative estimate of drug-likeness (QED) is 0.469. The number of nitrogens with one attached hydrogen (secondary N) is 1. The highest BCUT2D eigenvalue weighted by atomic mass is 32.2. The van der Waals surface area contributed by atoms with Gasteiger partial charge in [0.05, 0.1) is 6.10 Å². The summed E-state index contributed by atoms with van der Waals surface area (Å²) >= 11 is 1.54. The third kappa shape index (κ3) is 3.06. The van der Waals surface area contributed by atoms with Crippen LogP contribution in [-0.2, 0) is 4.74 Å². The molecule has 1 aliphatic rings. The number of hydrogen-bond donors (Lipinski definition) is 2. The van der Waals surface area contributed by atoms with E-state index in [1.54, 1.807) is 35.0 Å². The molecule has 1 aliphatic heterocycles. The molecule has 0 aliphatic carbocycles. The Morgan fingerprint density at radius 2 is 2.40 bits per heavy atom. The van der Waals surface area contributed by atoms with Crippen molar-refractivity contribution in [3.8, 4) is 5.95 Å². The second kappa shape index (κ2) is 6.16. The number of hydrazine groups is 1. The molecule has 2 aromatic heterocycles. The number of nitrogens with two attached hydrogens (primary N) is 1. The van der Waals surface area contributed by atoms with Crippen LogP contribution >= 0.6 is 11.8 Å². The Labute approximate surface area is 120 Å². The summed E-state index contributed by atoms with van der Waals surface area (Å²) in [6.07, 6.45) is 7.56. The van der Waals surface area contributed by atoms with Crippen LogP contribution in [0.25, 0.3) is 5.95 Å². The monoisotopic (exact) mass is 293 g/mol. The number of nitrogen functional groups attached to an aromatic ring is 1. The van der Waals surface area contributed by atoms with Crippen LogP contribution in [0.2, 0.25) is 0 Å². The van der Waals surface area contributed by atoms with Crippen LogP contribution in [0.3, 0.4) is 0 Å². The molecule has 3 N–H and O–H groups in total. The molecule has 0 saturated carbocycles. The second-order valence-electron chi connectivity index (χ2n) is 4.30. The van der Waals surface area contributed by atoms with E-state index < -0.39 is 0 Å². The SMILES string of the molecule is NNc1nc(SCC2CCCO2)nc(-n2ccnc2)n1. The number of rotatable bonds is 5. The molecule has 3 heterocycles. The van der Waals surface area contributed by atoms with Gasteiger partial charge in [0.2, 0.25) is 11.9 Å². The number of nitrogens with zero attached hydrogens (tertiary/aromatic N) is 5. The molecular weight excluding hydrogens is 278 g/mol. The van der Waals surface area contributed by atoms with Crippen LogP contribution in [0, 0.1) is 0 Å². The van der Waals surface area contributed by atoms with Gasteiger partial charge in [-0.3, -0.25) is 9.99 Å². The van der Waals surface area contributed by atoms with Crippen molar-refractivity contribution in [2.75, 3.05) is 17.8 Å². The van der Waals surface area contributed by atoms with Crippen LogP contribution in [-0.4, -0.2) is 43.0 Å². The largest absolute Gasteiger partial charge is 0.377 e. The lowest BCUT2D eigenvalue weighted by Crippen LogP contribution is -2.14. The molecule has 106 valence electrons. The highest BCUT2D eigenvalue weighted by Crippen LogP contribution is 2.22. The molecular formula is C11H15N7OS. The first-order valence-corrected chi connectivity index (χ1v) is 7.29. The Bertz CT molecular complexity index is 556. The molecule has 0 spiro atoms. The fourth-order valence-corrected chi connectivity index (χ4v) is 2.81. The number of ether oxygens (including phenoxy) is 1. The second-order valence-corrected chi connectivity index (χ2v) is 5.29. The fourth-order valence-electron chi connectivity index (χ4n) is 1.91. The van der Waals surface area contributed by atoms with Crippen molar-refractivity contribution in [3.63, 3.8) is 0 Å². The van der Waals surface area contributed by atoms with E-state index >= 15 is 0 Å². The number of hydrogen-bond acceptors (Lipinski definition) is 8. The molecule has 3 rings (SSSR count). The maximum absolute atomic E-state index is 5.59. The molecule has 1 fully saturated rings. The maximum Gasteiger partial charge on any atom is 0.242 e. The lowest BCUT2D eigenvalue weighted by atomic mass is 10.3. The summed E-state index contributed by atoms with van der Waals surface area (Å²) in [7, 11) is 0. The van der Waals surface area contributed by atoms with Crippen molar-refractivity contribution < 1.29 is 4.74 Å². The van der Waals surface area contributed by atoms with Gasteiger partial charge in [-0.2, -0.15) is 15.0 Å². The van der Waals surface area contributed by atoms with E-state index in [9.17, 15) is 0 Å². The van der Waals surface area contributed by atoms with Crippen LogP contribution < -0.4 is 11.3 Å². The van der Waals surface area contributed by atoms with Crippen LogP contribution in [0.15, 0.2) is 23.9 Å². The highest BCUT2D eigenvalue weighted by molar-refractivity contribution is 7.99. The van der Waals surface area contributed by atoms with E-state index in [0.29, 0.717) is 17.1 Å². The number of anilines is 1. The molecule has 1 saturated heterocycles. The Hall–Kier alpha value is -1.71. The van der Waals surface area contributed by atoms with Gasteiger partial charge in [-0.15, -0.1) is 0 Å². The van der Waals surface area contributed by atoms with Crippen molar-refractivity contribution in [1.29, 1.82) is 0 Å². The summed E-state index contributed by atoms with van der Waals surface area (Å²) in [5.74, 6) is 7.05. The minimum absolute atomic E-state index is 0.280. The zero-order chi connectivity index (χ0) is 13.8. The van der Waals surface area contributed by atoms with Crippen molar-refractivity contribution in [2.45, 2.75) is 24.1 Å². The molecule has 1 unspecified atom stereocenters. The van der Waals surface area contributed by atoms with E-state index in [-0.39, 0.29) is 6.10 Å². The Morgan fingerprint density at radius 1 is 1.45 bits per heavy atom. The van der Waals surface area contributed by atoms with Crippen LogP contribution in [0.4, 0.5) is 5.95 Å². The van der Waals surface area contributed by atoms with E-state index in [0.717, 1.165) is 25.2 Å². The zero-order valence-electron chi connectivity index (χ0n) is 10.8. The summed E-state index contributed by atoms with van der Waals surface area (Å²) < 4.78 is 7.29. The lowest BCUT2D eigenvalue weighted by Gasteiger charge is -2.09. The van der Waals surface area contributed by atoms with Gasteiger partial charge < -0.3 is 4.74 Å². The lowest BCUT2D eigenvalue weighted by molar-refractivity contribution is 0.129. The Kier molecular flexibility index (Phi) is 4.09. The average molecular weight is 293 g/mol. The molecule has 0 bridgehead atoms. The molecule has 20 heavy (non-hydrogen) atoms. The molecule has 2 aromatic rings. The minimum Gasteiger partial charge on any atom is -0.377 e. The molecule has 0 radical (unpaired) electrons. The third-order valence-corrected chi connectivity index (χ3v) is 3.87. The van der Waals surface area contributed by atoms with Crippen molar-refractivity contribution in [3.05, 3.63) is 18.7 Å². The average Bonchev–Trinajstić information content (AvgIpc) is 3.17. The first-order chi connectivity index (χ1) is 9.85. The van der Waals surface area contributed by atoms with E-state index in [4.69, 9.17) is 10.6 Å². The Balaban J connectivity index is 1.77. The first kappa shape index (κ1) is 13.3. The summed E-state index contributed by atoms with van der Waals surface area (Å²) in [4.78, 5) is 16.8. The van der Waals surface area contributed by atoms with Crippen LogP contribution in [0.1, 0.15) is 12.8 Å². The zero-order valence-corrected chi connectivity index (χ0v) is 11.6. The Morgan fingerprint density at radius 3 is 3.10 bits per heavy atom. The minimum atomic E-state index is 0.280. The van der Waals surface area contributed by atoms with Crippen molar-refractivity contribution in [1.82, 2.24) is 24.5 Å². The van der Waals surface area contributed by atoms with E-state index in [2.05, 4.69) is 25.4 Å². The normalized spacial score (nSPS) is 18.4. The van der Waals surface area contributed by atoms with Gasteiger partial charge in [0.25, 0.3) is 0 Å². The van der Waals surface area contributed by atoms with Crippen molar-refractivity contribution >= 4 is 17.7 Å². The maximum atomic E-state index is 5.59. The number of thioether (sulfide) groups is 1. The summed E-state index contributed by atoms with van der Waals surface area (Å²) in [6, 6.07) is 0. The van der Waals surface area contributed by atoms with Gasteiger partial charge in [0.15, 0.2) is 5.16 Å². The highest BCUT2D eigenvalue weighted by Gasteiger charge is 2.17.